The summed E-state index contributed by atoms with van der Waals surface area (Å²) in [6.45, 7) is 6.23. The lowest BCUT2D eigenvalue weighted by Gasteiger charge is -2.04. The van der Waals surface area contributed by atoms with Gasteiger partial charge in [0.05, 0.1) is 6.20 Å². The van der Waals surface area contributed by atoms with Gasteiger partial charge >= 0.3 is 6.29 Å². The molecule has 0 bridgehead atoms. The number of para-hydroxylation sites is 2. The number of aryl methyl sites for hydroxylation is 2. The Balaban J connectivity index is 0.000000140. The maximum atomic E-state index is 12.3. The van der Waals surface area contributed by atoms with E-state index in [9.17, 15) is 8.78 Å². The van der Waals surface area contributed by atoms with Crippen LogP contribution in [-0.2, 0) is 0 Å². The highest BCUT2D eigenvalue weighted by Crippen LogP contribution is 2.39. The number of hydrogen-bond donors (Lipinski definition) is 2. The lowest BCUT2D eigenvalue weighted by atomic mass is 10.3. The van der Waals surface area contributed by atoms with Gasteiger partial charge in [0, 0.05) is 18.1 Å². The summed E-state index contributed by atoms with van der Waals surface area (Å²) in [7, 11) is 0. The molecule has 0 unspecified atom stereocenters. The second-order valence-electron chi connectivity index (χ2n) is 6.31. The summed E-state index contributed by atoms with van der Waals surface area (Å²) in [5.41, 5.74) is 2.28. The highest BCUT2D eigenvalue weighted by Gasteiger charge is 2.42. The molecule has 6 nitrogen and oxygen atoms in total. The third kappa shape index (κ3) is 8.35. The van der Waals surface area contributed by atoms with Crippen molar-refractivity contribution < 1.29 is 18.3 Å². The molecule has 0 saturated heterocycles. The Hall–Kier alpha value is -2.90. The Morgan fingerprint density at radius 2 is 1.63 bits per heavy atom. The quantitative estimate of drug-likeness (QED) is 0.586. The molecule has 146 valence electrons. The first-order chi connectivity index (χ1) is 12.9. The molecule has 0 radical (unpaired) electrons. The second-order valence-corrected chi connectivity index (χ2v) is 6.31. The van der Waals surface area contributed by atoms with E-state index >= 15 is 0 Å². The first kappa shape index (κ1) is 20.4. The molecule has 0 atom stereocenters. The normalized spacial score (nSPS) is 15.3. The predicted molar refractivity (Wildman–Crippen MR) is 97.7 cm³/mol. The number of fused-ring (bicyclic) bond motifs is 1. The fraction of sp³-hybridized carbons (Fsp3) is 0.368. The molecule has 5 rings (SSSR count). The smallest absolute Gasteiger partial charge is 0.395 e. The van der Waals surface area contributed by atoms with E-state index in [4.69, 9.17) is 0 Å². The van der Waals surface area contributed by atoms with Crippen molar-refractivity contribution >= 4 is 0 Å². The predicted octanol–water partition coefficient (Wildman–Crippen LogP) is 4.86. The van der Waals surface area contributed by atoms with E-state index in [1.54, 1.807) is 24.5 Å². The topological polar surface area (TPSA) is 75.8 Å². The molecule has 1 aromatic carbocycles. The van der Waals surface area contributed by atoms with E-state index in [1.807, 2.05) is 26.1 Å². The number of halogens is 2. The zero-order valence-electron chi connectivity index (χ0n) is 15.6. The van der Waals surface area contributed by atoms with Crippen molar-refractivity contribution in [2.45, 2.75) is 39.9 Å². The Labute approximate surface area is 156 Å². The van der Waals surface area contributed by atoms with E-state index in [0.717, 1.165) is 11.6 Å². The van der Waals surface area contributed by atoms with E-state index in [1.165, 1.54) is 30.5 Å². The number of ether oxygens (including phenoxy) is 2. The molecule has 0 amide bonds. The molecular weight excluding hydrogens is 354 g/mol. The van der Waals surface area contributed by atoms with Crippen LogP contribution in [0.2, 0.25) is 0 Å². The van der Waals surface area contributed by atoms with Crippen molar-refractivity contribution in [1.29, 1.82) is 0 Å². The second kappa shape index (κ2) is 9.70. The number of nitrogens with zero attached hydrogens (tertiary/aromatic N) is 2. The summed E-state index contributed by atoms with van der Waals surface area (Å²) in [5.74, 6) is 1.25. The van der Waals surface area contributed by atoms with E-state index < -0.39 is 6.29 Å². The minimum atomic E-state index is -3.50. The van der Waals surface area contributed by atoms with Gasteiger partial charge in [0.2, 0.25) is 0 Å². The number of nitrogens with one attached hydrogen (secondary N) is 2. The molecule has 0 spiro atoms. The van der Waals surface area contributed by atoms with Gasteiger partial charge in [-0.1, -0.05) is 31.9 Å². The van der Waals surface area contributed by atoms with Gasteiger partial charge in [0.1, 0.15) is 0 Å². The number of hydrogen-bond acceptors (Lipinski definition) is 4. The van der Waals surface area contributed by atoms with Crippen LogP contribution < -0.4 is 9.47 Å². The Kier molecular flexibility index (Phi) is 7.34. The Morgan fingerprint density at radius 3 is 1.89 bits per heavy atom. The number of aromatic nitrogens is 4. The molecule has 2 N–H and O–H groups in total. The molecule has 3 aromatic rings. The fourth-order valence-electron chi connectivity index (χ4n) is 1.70. The van der Waals surface area contributed by atoms with E-state index in [2.05, 4.69) is 36.8 Å². The third-order valence-corrected chi connectivity index (χ3v) is 3.45. The molecule has 1 saturated carbocycles. The van der Waals surface area contributed by atoms with E-state index in [-0.39, 0.29) is 11.5 Å². The summed E-state index contributed by atoms with van der Waals surface area (Å²) in [6, 6.07) is 7.97. The first-order valence-electron chi connectivity index (χ1n) is 8.62. The largest absolute Gasteiger partial charge is 0.586 e. The van der Waals surface area contributed by atoms with Crippen molar-refractivity contribution in [2.24, 2.45) is 5.92 Å². The monoisotopic (exact) mass is 378 g/mol. The van der Waals surface area contributed by atoms with Gasteiger partial charge in [-0.2, -0.15) is 10.2 Å². The molecule has 1 aliphatic carbocycles. The zero-order valence-corrected chi connectivity index (χ0v) is 15.6. The Morgan fingerprint density at radius 1 is 1.04 bits per heavy atom. The minimum Gasteiger partial charge on any atom is -0.395 e. The van der Waals surface area contributed by atoms with Crippen LogP contribution >= 0.6 is 0 Å². The molecule has 1 aliphatic heterocycles. The van der Waals surface area contributed by atoms with Crippen LogP contribution in [-0.4, -0.2) is 26.7 Å². The molecule has 27 heavy (non-hydrogen) atoms. The first-order valence-corrected chi connectivity index (χ1v) is 8.62. The standard InChI is InChI=1S/C7H4F2O2.2C4H6N2.C4H8/c8-7(9)10-5-3-1-2-4-6(5)11-7;1-4-2-5-6-3-4;1-4-2-3-5-6-4;1-4-2-3-4/h1-4H;2*2-3H,1H3,(H,5,6);4H,2-3H2,1H3. The van der Waals surface area contributed by atoms with Gasteiger partial charge < -0.3 is 9.47 Å². The van der Waals surface area contributed by atoms with Crippen molar-refractivity contribution in [2.75, 3.05) is 0 Å². The van der Waals surface area contributed by atoms with Crippen LogP contribution in [0.15, 0.2) is 48.9 Å². The van der Waals surface area contributed by atoms with Gasteiger partial charge in [-0.25, -0.2) is 0 Å². The number of aromatic amines is 2. The van der Waals surface area contributed by atoms with Gasteiger partial charge in [-0.05, 0) is 43.5 Å². The molecular formula is C19H24F2N4O2. The van der Waals surface area contributed by atoms with Crippen LogP contribution in [0, 0.1) is 19.8 Å². The molecule has 2 aromatic heterocycles. The minimum absolute atomic E-state index is 0.0810. The molecule has 3 heterocycles. The molecule has 2 aliphatic rings. The fourth-order valence-corrected chi connectivity index (χ4v) is 1.70. The summed E-state index contributed by atoms with van der Waals surface area (Å²) >= 11 is 0. The van der Waals surface area contributed by atoms with Gasteiger partial charge in [0.15, 0.2) is 11.5 Å². The zero-order chi connectivity index (χ0) is 19.7. The van der Waals surface area contributed by atoms with Crippen LogP contribution in [0.3, 0.4) is 0 Å². The van der Waals surface area contributed by atoms with E-state index in [0.29, 0.717) is 0 Å². The summed E-state index contributed by atoms with van der Waals surface area (Å²) in [5, 5.41) is 12.8. The highest BCUT2D eigenvalue weighted by molar-refractivity contribution is 5.41. The number of rotatable bonds is 0. The lowest BCUT2D eigenvalue weighted by molar-refractivity contribution is -0.286. The average Bonchev–Trinajstić information content (AvgIpc) is 3.01. The number of benzene rings is 1. The number of alkyl halides is 2. The Bertz CT molecular complexity index is 714. The summed E-state index contributed by atoms with van der Waals surface area (Å²) < 4.78 is 32.9. The van der Waals surface area contributed by atoms with Crippen LogP contribution in [0.4, 0.5) is 8.78 Å². The van der Waals surface area contributed by atoms with Crippen molar-refractivity contribution in [3.63, 3.8) is 0 Å². The van der Waals surface area contributed by atoms with Gasteiger partial charge in [-0.15, -0.1) is 8.78 Å². The van der Waals surface area contributed by atoms with Crippen molar-refractivity contribution in [3.05, 3.63) is 60.2 Å². The summed E-state index contributed by atoms with van der Waals surface area (Å²) in [4.78, 5) is 0. The van der Waals surface area contributed by atoms with Gasteiger partial charge in [-0.3, -0.25) is 10.2 Å². The lowest BCUT2D eigenvalue weighted by Crippen LogP contribution is -2.25. The maximum absolute atomic E-state index is 12.3. The molecule has 8 heteroatoms. The van der Waals surface area contributed by atoms with Crippen molar-refractivity contribution in [1.82, 2.24) is 20.4 Å². The number of H-pyrrole nitrogens is 2. The molecule has 1 fully saturated rings. The third-order valence-electron chi connectivity index (χ3n) is 3.45. The van der Waals surface area contributed by atoms with Crippen LogP contribution in [0.1, 0.15) is 31.0 Å². The van der Waals surface area contributed by atoms with Crippen molar-refractivity contribution in [3.8, 4) is 11.5 Å². The highest BCUT2D eigenvalue weighted by atomic mass is 19.3. The van der Waals surface area contributed by atoms with Crippen LogP contribution in [0.5, 0.6) is 11.5 Å². The van der Waals surface area contributed by atoms with Gasteiger partial charge in [0.25, 0.3) is 0 Å². The van der Waals surface area contributed by atoms with Crippen LogP contribution in [0.25, 0.3) is 0 Å². The maximum Gasteiger partial charge on any atom is 0.586 e. The summed E-state index contributed by atoms with van der Waals surface area (Å²) in [6.07, 6.45) is 4.83. The SMILES string of the molecule is CC1CC1.Cc1ccn[nH]1.Cc1cn[nH]c1.FC1(F)Oc2ccccc2O1. The average molecular weight is 378 g/mol.